The zero-order valence-corrected chi connectivity index (χ0v) is 34.9. The van der Waals surface area contributed by atoms with Gasteiger partial charge in [-0.05, 0) is 76.9 Å². The van der Waals surface area contributed by atoms with E-state index in [0.29, 0.717) is 5.82 Å². The third-order valence-electron chi connectivity index (χ3n) is 11.7. The van der Waals surface area contributed by atoms with E-state index in [4.69, 9.17) is 15.0 Å². The monoisotopic (exact) mass is 819 g/mol. The standard InChI is InChI=1S/C59H41N5/c1-5-15-42(16-6-1)43-24-28-47(29-25-43)55-41-54(46-17-7-2-8-18-46)60-59(61-55)50-30-26-44(27-31-50)45-32-36-52(37-33-45)64(51-21-11-4-12-22-51)53-38-34-48(35-39-53)57-58(49-19-9-3-10-20-49)63-40-14-13-23-56(63)62-57/h1-41H. The first-order valence-corrected chi connectivity index (χ1v) is 21.5. The largest absolute Gasteiger partial charge is 0.311 e. The predicted molar refractivity (Wildman–Crippen MR) is 264 cm³/mol. The summed E-state index contributed by atoms with van der Waals surface area (Å²) in [6, 6.07) is 84.7. The van der Waals surface area contributed by atoms with E-state index in [1.54, 1.807) is 0 Å². The summed E-state index contributed by atoms with van der Waals surface area (Å²) in [4.78, 5) is 17.6. The number of benzene rings is 8. The van der Waals surface area contributed by atoms with E-state index in [1.165, 1.54) is 11.1 Å². The molecule has 0 bridgehead atoms. The minimum Gasteiger partial charge on any atom is -0.311 e. The molecule has 0 saturated carbocycles. The van der Waals surface area contributed by atoms with Crippen molar-refractivity contribution in [1.82, 2.24) is 19.4 Å². The molecule has 11 aromatic rings. The lowest BCUT2D eigenvalue weighted by molar-refractivity contribution is 1.18. The second-order valence-corrected chi connectivity index (χ2v) is 15.7. The fraction of sp³-hybridized carbons (Fsp3) is 0. The van der Waals surface area contributed by atoms with Gasteiger partial charge in [-0.2, -0.15) is 0 Å². The topological polar surface area (TPSA) is 46.3 Å². The molecule has 5 nitrogen and oxygen atoms in total. The Hall–Kier alpha value is -8.67. The van der Waals surface area contributed by atoms with Gasteiger partial charge in [-0.3, -0.25) is 4.40 Å². The normalized spacial score (nSPS) is 11.1. The van der Waals surface area contributed by atoms with Crippen LogP contribution in [-0.2, 0) is 0 Å². The molecule has 0 N–H and O–H groups in total. The summed E-state index contributed by atoms with van der Waals surface area (Å²) < 4.78 is 2.17. The van der Waals surface area contributed by atoms with E-state index < -0.39 is 0 Å². The fourth-order valence-corrected chi connectivity index (χ4v) is 8.42. The lowest BCUT2D eigenvalue weighted by atomic mass is 10.0. The molecule has 0 spiro atoms. The van der Waals surface area contributed by atoms with E-state index in [9.17, 15) is 0 Å². The predicted octanol–water partition coefficient (Wildman–Crippen LogP) is 15.3. The zero-order valence-electron chi connectivity index (χ0n) is 34.9. The molecule has 5 heteroatoms. The first kappa shape index (κ1) is 38.3. The number of hydrogen-bond donors (Lipinski definition) is 0. The van der Waals surface area contributed by atoms with Crippen LogP contribution in [0.2, 0.25) is 0 Å². The van der Waals surface area contributed by atoms with Crippen molar-refractivity contribution in [3.63, 3.8) is 0 Å². The van der Waals surface area contributed by atoms with Gasteiger partial charge >= 0.3 is 0 Å². The Bertz CT molecular complexity index is 3310. The molecule has 11 rings (SSSR count). The number of rotatable bonds is 10. The molecule has 0 unspecified atom stereocenters. The van der Waals surface area contributed by atoms with Crippen molar-refractivity contribution >= 4 is 22.7 Å². The summed E-state index contributed by atoms with van der Waals surface area (Å²) in [7, 11) is 0. The van der Waals surface area contributed by atoms with Crippen LogP contribution in [0.25, 0.3) is 84.3 Å². The Balaban J connectivity index is 0.889. The summed E-state index contributed by atoms with van der Waals surface area (Å²) in [5.41, 5.74) is 17.8. The fourth-order valence-electron chi connectivity index (χ4n) is 8.42. The number of nitrogens with zero attached hydrogens (tertiary/aromatic N) is 5. The van der Waals surface area contributed by atoms with Crippen LogP contribution in [0.15, 0.2) is 249 Å². The minimum absolute atomic E-state index is 0.687. The van der Waals surface area contributed by atoms with Crippen molar-refractivity contribution in [2.45, 2.75) is 0 Å². The Kier molecular flexibility index (Phi) is 10.2. The second kappa shape index (κ2) is 17.0. The number of fused-ring (bicyclic) bond motifs is 1. The molecule has 0 amide bonds. The maximum absolute atomic E-state index is 5.12. The molecule has 0 radical (unpaired) electrons. The van der Waals surface area contributed by atoms with E-state index in [2.05, 4.69) is 222 Å². The number of para-hydroxylation sites is 1. The molecule has 0 atom stereocenters. The highest BCUT2D eigenvalue weighted by atomic mass is 15.1. The number of hydrogen-bond acceptors (Lipinski definition) is 4. The Morgan fingerprint density at radius 3 is 1.25 bits per heavy atom. The van der Waals surface area contributed by atoms with Crippen LogP contribution in [0.3, 0.4) is 0 Å². The first-order chi connectivity index (χ1) is 31.7. The molecule has 0 aliphatic rings. The Labute approximate surface area is 372 Å². The Morgan fingerprint density at radius 1 is 0.297 bits per heavy atom. The van der Waals surface area contributed by atoms with Crippen LogP contribution in [0.5, 0.6) is 0 Å². The summed E-state index contributed by atoms with van der Waals surface area (Å²) in [6.45, 7) is 0. The number of anilines is 3. The highest BCUT2D eigenvalue weighted by molar-refractivity contribution is 5.85. The van der Waals surface area contributed by atoms with Gasteiger partial charge in [0.25, 0.3) is 0 Å². The zero-order chi connectivity index (χ0) is 42.7. The maximum Gasteiger partial charge on any atom is 0.160 e. The lowest BCUT2D eigenvalue weighted by Crippen LogP contribution is -2.09. The van der Waals surface area contributed by atoms with E-state index in [1.807, 2.05) is 36.4 Å². The van der Waals surface area contributed by atoms with E-state index >= 15 is 0 Å². The Morgan fingerprint density at radius 2 is 0.688 bits per heavy atom. The quantitative estimate of drug-likeness (QED) is 0.138. The van der Waals surface area contributed by atoms with Crippen LogP contribution >= 0.6 is 0 Å². The molecule has 0 aliphatic carbocycles. The molecule has 302 valence electrons. The van der Waals surface area contributed by atoms with Gasteiger partial charge in [-0.25, -0.2) is 15.0 Å². The highest BCUT2D eigenvalue weighted by Crippen LogP contribution is 2.39. The molecule has 0 aliphatic heterocycles. The third-order valence-corrected chi connectivity index (χ3v) is 11.7. The van der Waals surface area contributed by atoms with Crippen molar-refractivity contribution in [3.05, 3.63) is 249 Å². The SMILES string of the molecule is c1ccc(-c2ccc(-c3cc(-c4ccccc4)nc(-c4ccc(-c5ccc(N(c6ccccc6)c6ccc(-c7nc8ccccn8c7-c7ccccc7)cc6)cc5)cc4)n3)cc2)cc1. The molecule has 8 aromatic carbocycles. The number of aromatic nitrogens is 4. The van der Waals surface area contributed by atoms with Gasteiger partial charge in [-0.15, -0.1) is 0 Å². The van der Waals surface area contributed by atoms with Crippen molar-refractivity contribution in [1.29, 1.82) is 0 Å². The van der Waals surface area contributed by atoms with Crippen LogP contribution < -0.4 is 4.90 Å². The van der Waals surface area contributed by atoms with E-state index in [-0.39, 0.29) is 0 Å². The van der Waals surface area contributed by atoms with Gasteiger partial charge in [0.05, 0.1) is 22.8 Å². The molecule has 3 aromatic heterocycles. The minimum atomic E-state index is 0.687. The summed E-state index contributed by atoms with van der Waals surface area (Å²) in [5.74, 6) is 0.687. The van der Waals surface area contributed by atoms with Crippen molar-refractivity contribution < 1.29 is 0 Å². The maximum atomic E-state index is 5.12. The van der Waals surface area contributed by atoms with Crippen molar-refractivity contribution in [2.75, 3.05) is 4.90 Å². The molecule has 0 saturated heterocycles. The number of imidazole rings is 1. The summed E-state index contributed by atoms with van der Waals surface area (Å²) in [5, 5.41) is 0. The van der Waals surface area contributed by atoms with Crippen LogP contribution in [-0.4, -0.2) is 19.4 Å². The van der Waals surface area contributed by atoms with Gasteiger partial charge in [0.1, 0.15) is 5.65 Å². The summed E-state index contributed by atoms with van der Waals surface area (Å²) in [6.07, 6.45) is 2.08. The van der Waals surface area contributed by atoms with Crippen molar-refractivity contribution in [2.24, 2.45) is 0 Å². The van der Waals surface area contributed by atoms with Gasteiger partial charge < -0.3 is 4.90 Å². The average molecular weight is 820 g/mol. The molecule has 64 heavy (non-hydrogen) atoms. The third kappa shape index (κ3) is 7.63. The van der Waals surface area contributed by atoms with Gasteiger partial charge in [0.15, 0.2) is 5.82 Å². The number of pyridine rings is 1. The van der Waals surface area contributed by atoms with Gasteiger partial charge in [0, 0.05) is 51.1 Å². The average Bonchev–Trinajstić information content (AvgIpc) is 3.78. The molecular weight excluding hydrogens is 779 g/mol. The van der Waals surface area contributed by atoms with Crippen molar-refractivity contribution in [3.8, 4) is 78.7 Å². The lowest BCUT2D eigenvalue weighted by Gasteiger charge is -2.26. The van der Waals surface area contributed by atoms with Gasteiger partial charge in [-0.1, -0.05) is 188 Å². The summed E-state index contributed by atoms with van der Waals surface area (Å²) >= 11 is 0. The highest BCUT2D eigenvalue weighted by Gasteiger charge is 2.18. The molecule has 0 fully saturated rings. The van der Waals surface area contributed by atoms with Crippen LogP contribution in [0, 0.1) is 0 Å². The van der Waals surface area contributed by atoms with Crippen LogP contribution in [0.4, 0.5) is 17.1 Å². The van der Waals surface area contributed by atoms with Gasteiger partial charge in [0.2, 0.25) is 0 Å². The van der Waals surface area contributed by atoms with Crippen LogP contribution in [0.1, 0.15) is 0 Å². The first-order valence-electron chi connectivity index (χ1n) is 21.5. The van der Waals surface area contributed by atoms with E-state index in [0.717, 1.165) is 84.4 Å². The molecule has 3 heterocycles. The molecular formula is C59H41N5. The smallest absolute Gasteiger partial charge is 0.160 e. The second-order valence-electron chi connectivity index (χ2n) is 15.7.